The van der Waals surface area contributed by atoms with Crippen LogP contribution >= 0.6 is 57.6 Å². The predicted molar refractivity (Wildman–Crippen MR) is 147 cm³/mol. The second-order valence-corrected chi connectivity index (χ2v) is 10.9. The summed E-state index contributed by atoms with van der Waals surface area (Å²) in [5.41, 5.74) is 1.75. The molecule has 0 aromatic heterocycles. The van der Waals surface area contributed by atoms with Crippen molar-refractivity contribution in [1.82, 2.24) is 4.90 Å². The number of nitrogens with zero attached hydrogens (tertiary/aromatic N) is 2. The average molecular weight is 619 g/mol. The Morgan fingerprint density at radius 2 is 1.88 bits per heavy atom. The van der Waals surface area contributed by atoms with E-state index in [1.165, 1.54) is 11.8 Å². The molecule has 0 N–H and O–H groups in total. The summed E-state index contributed by atoms with van der Waals surface area (Å²) >= 11 is 15.7. The molecule has 1 aliphatic rings. The largest absolute Gasteiger partial charge is 0.493 e. The molecule has 2 aromatic rings. The molecule has 33 heavy (non-hydrogen) atoms. The molecule has 0 spiro atoms. The minimum Gasteiger partial charge on any atom is -0.493 e. The second kappa shape index (κ2) is 11.3. The number of methoxy groups -OCH3 is 1. The molecule has 1 aliphatic heterocycles. The number of halogens is 3. The maximum Gasteiger partial charge on any atom is 0.266 e. The summed E-state index contributed by atoms with van der Waals surface area (Å²) < 4.78 is 12.5. The van der Waals surface area contributed by atoms with Gasteiger partial charge in [0.25, 0.3) is 5.91 Å². The molecule has 1 saturated heterocycles. The van der Waals surface area contributed by atoms with Crippen LogP contribution in [0.4, 0.5) is 0 Å². The number of carbonyl (C=O) groups is 1. The Hall–Kier alpha value is -1.42. The topological polar surface area (TPSA) is 51.1 Å². The number of aliphatic imine (C=N–C) groups is 1. The summed E-state index contributed by atoms with van der Waals surface area (Å²) in [5, 5.41) is 1.72. The molecule has 0 aliphatic carbocycles. The van der Waals surface area contributed by atoms with Gasteiger partial charge < -0.3 is 9.47 Å². The molecule has 2 aromatic carbocycles. The highest BCUT2D eigenvalue weighted by Crippen LogP contribution is 2.38. The highest BCUT2D eigenvalue weighted by atomic mass is 127. The summed E-state index contributed by atoms with van der Waals surface area (Å²) in [5.74, 6) is 1.17. The van der Waals surface area contributed by atoms with Gasteiger partial charge in [-0.05, 0) is 104 Å². The van der Waals surface area contributed by atoms with Gasteiger partial charge in [0.2, 0.25) is 0 Å². The lowest BCUT2D eigenvalue weighted by molar-refractivity contribution is -0.123. The van der Waals surface area contributed by atoms with E-state index in [1.807, 2.05) is 52.0 Å². The van der Waals surface area contributed by atoms with Gasteiger partial charge in [-0.3, -0.25) is 14.7 Å². The molecular weight excluding hydrogens is 594 g/mol. The van der Waals surface area contributed by atoms with Gasteiger partial charge in [-0.15, -0.1) is 0 Å². The van der Waals surface area contributed by atoms with Gasteiger partial charge in [-0.1, -0.05) is 29.3 Å². The normalized spacial score (nSPS) is 16.5. The first kappa shape index (κ1) is 26.2. The van der Waals surface area contributed by atoms with E-state index in [1.54, 1.807) is 24.1 Å². The predicted octanol–water partition coefficient (Wildman–Crippen LogP) is 7.27. The van der Waals surface area contributed by atoms with Gasteiger partial charge >= 0.3 is 0 Å². The number of ether oxygens (including phenoxy) is 2. The van der Waals surface area contributed by atoms with Crippen LogP contribution in [0, 0.1) is 3.57 Å². The first-order valence-electron chi connectivity index (χ1n) is 10.4. The van der Waals surface area contributed by atoms with Crippen LogP contribution < -0.4 is 9.47 Å². The molecule has 1 fully saturated rings. The molecule has 0 unspecified atom stereocenters. The number of amides is 1. The summed E-state index contributed by atoms with van der Waals surface area (Å²) in [6.45, 7) is 8.30. The maximum atomic E-state index is 13.0. The van der Waals surface area contributed by atoms with Crippen molar-refractivity contribution in [3.63, 3.8) is 0 Å². The number of carbonyl (C=O) groups excluding carboxylic acids is 1. The Kier molecular flexibility index (Phi) is 9.00. The third-order valence-corrected chi connectivity index (χ3v) is 7.18. The number of rotatable bonds is 7. The van der Waals surface area contributed by atoms with Crippen LogP contribution in [-0.2, 0) is 11.4 Å². The van der Waals surface area contributed by atoms with Crippen LogP contribution in [0.15, 0.2) is 40.2 Å². The molecule has 1 heterocycles. The first-order valence-corrected chi connectivity index (χ1v) is 13.0. The van der Waals surface area contributed by atoms with Gasteiger partial charge in [0.1, 0.15) is 6.61 Å². The number of amidine groups is 1. The standard InChI is InChI=1S/C24H25Cl2IN2O3S/c1-13(2)28-24-29(14(3)4)23(30)21(33-24)11-16-9-19(27)22(20(10-16)31-5)32-12-15-6-7-17(25)18(26)8-15/h6-11,13-14H,12H2,1-5H3/b21-11+,28-24?. The summed E-state index contributed by atoms with van der Waals surface area (Å²) in [6, 6.07) is 9.35. The Bertz CT molecular complexity index is 1120. The van der Waals surface area contributed by atoms with E-state index in [9.17, 15) is 4.79 Å². The van der Waals surface area contributed by atoms with Crippen molar-refractivity contribution in [2.75, 3.05) is 7.11 Å². The van der Waals surface area contributed by atoms with Crippen molar-refractivity contribution < 1.29 is 14.3 Å². The fourth-order valence-corrected chi connectivity index (χ4v) is 5.49. The molecule has 1 amide bonds. The van der Waals surface area contributed by atoms with E-state index in [0.717, 1.165) is 19.9 Å². The smallest absolute Gasteiger partial charge is 0.266 e. The van der Waals surface area contributed by atoms with Gasteiger partial charge in [0, 0.05) is 12.1 Å². The van der Waals surface area contributed by atoms with Crippen LogP contribution in [-0.4, -0.2) is 35.2 Å². The van der Waals surface area contributed by atoms with Crippen LogP contribution in [0.2, 0.25) is 10.0 Å². The van der Waals surface area contributed by atoms with Gasteiger partial charge in [-0.25, -0.2) is 0 Å². The molecule has 0 saturated carbocycles. The van der Waals surface area contributed by atoms with Crippen molar-refractivity contribution >= 4 is 74.7 Å². The minimum absolute atomic E-state index is 0.0280. The van der Waals surface area contributed by atoms with E-state index in [0.29, 0.717) is 33.1 Å². The molecule has 5 nitrogen and oxygen atoms in total. The van der Waals surface area contributed by atoms with Gasteiger partial charge in [0.05, 0.1) is 25.6 Å². The van der Waals surface area contributed by atoms with E-state index in [2.05, 4.69) is 27.6 Å². The third-order valence-electron chi connectivity index (χ3n) is 4.64. The van der Waals surface area contributed by atoms with Crippen molar-refractivity contribution in [2.24, 2.45) is 4.99 Å². The summed E-state index contributed by atoms with van der Waals surface area (Å²) in [7, 11) is 1.59. The molecule has 3 rings (SSSR count). The summed E-state index contributed by atoms with van der Waals surface area (Å²) in [4.78, 5) is 20.0. The SMILES string of the molecule is COc1cc(/C=C2/SC(=NC(C)C)N(C(C)C)C2=O)cc(I)c1OCc1ccc(Cl)c(Cl)c1. The van der Waals surface area contributed by atoms with E-state index in [-0.39, 0.29) is 18.0 Å². The van der Waals surface area contributed by atoms with E-state index < -0.39 is 0 Å². The maximum absolute atomic E-state index is 13.0. The lowest BCUT2D eigenvalue weighted by Crippen LogP contribution is -2.35. The Labute approximate surface area is 222 Å². The molecule has 9 heteroatoms. The number of thioether (sulfide) groups is 1. The van der Waals surface area contributed by atoms with E-state index in [4.69, 9.17) is 32.7 Å². The number of hydrogen-bond donors (Lipinski definition) is 0. The van der Waals surface area contributed by atoms with Crippen molar-refractivity contribution in [1.29, 1.82) is 0 Å². The Morgan fingerprint density at radius 1 is 1.15 bits per heavy atom. The summed E-state index contributed by atoms with van der Waals surface area (Å²) in [6.07, 6.45) is 1.87. The van der Waals surface area contributed by atoms with Crippen LogP contribution in [0.1, 0.15) is 38.8 Å². The quantitative estimate of drug-likeness (QED) is 0.242. The average Bonchev–Trinajstić information content (AvgIpc) is 3.03. The molecule has 176 valence electrons. The molecule has 0 atom stereocenters. The third kappa shape index (κ3) is 6.38. The Morgan fingerprint density at radius 3 is 2.48 bits per heavy atom. The van der Waals surface area contributed by atoms with Crippen LogP contribution in [0.5, 0.6) is 11.5 Å². The first-order chi connectivity index (χ1) is 15.6. The lowest BCUT2D eigenvalue weighted by Gasteiger charge is -2.20. The second-order valence-electron chi connectivity index (χ2n) is 7.96. The Balaban J connectivity index is 1.87. The van der Waals surface area contributed by atoms with Gasteiger partial charge in [0.15, 0.2) is 16.7 Å². The molecule has 0 bridgehead atoms. The zero-order valence-electron chi connectivity index (χ0n) is 19.0. The fourth-order valence-electron chi connectivity index (χ4n) is 3.15. The zero-order chi connectivity index (χ0) is 24.3. The molecule has 0 radical (unpaired) electrons. The highest BCUT2D eigenvalue weighted by molar-refractivity contribution is 14.1. The highest BCUT2D eigenvalue weighted by Gasteiger charge is 2.35. The fraction of sp³-hybridized carbons (Fsp3) is 0.333. The molecular formula is C24H25Cl2IN2O3S. The number of hydrogen-bond acceptors (Lipinski definition) is 5. The van der Waals surface area contributed by atoms with Crippen LogP contribution in [0.3, 0.4) is 0 Å². The van der Waals surface area contributed by atoms with Crippen LogP contribution in [0.25, 0.3) is 6.08 Å². The monoisotopic (exact) mass is 618 g/mol. The van der Waals surface area contributed by atoms with Crippen molar-refractivity contribution in [3.8, 4) is 11.5 Å². The van der Waals surface area contributed by atoms with Crippen molar-refractivity contribution in [2.45, 2.75) is 46.4 Å². The zero-order valence-corrected chi connectivity index (χ0v) is 23.5. The minimum atomic E-state index is -0.0386. The lowest BCUT2D eigenvalue weighted by atomic mass is 10.1. The van der Waals surface area contributed by atoms with Gasteiger partial charge in [-0.2, -0.15) is 0 Å². The number of benzene rings is 2. The van der Waals surface area contributed by atoms with Crippen molar-refractivity contribution in [3.05, 3.63) is 60.0 Å². The van der Waals surface area contributed by atoms with E-state index >= 15 is 0 Å².